The van der Waals surface area contributed by atoms with Crippen molar-refractivity contribution in [3.8, 4) is 0 Å². The van der Waals surface area contributed by atoms with E-state index in [1.54, 1.807) is 4.90 Å². The Morgan fingerprint density at radius 1 is 1.10 bits per heavy atom. The Kier molecular flexibility index (Phi) is 8.34. The lowest BCUT2D eigenvalue weighted by atomic mass is 9.95. The van der Waals surface area contributed by atoms with E-state index in [0.717, 1.165) is 12.1 Å². The first-order valence-corrected chi connectivity index (χ1v) is 10.6. The smallest absolute Gasteiger partial charge is 0.410 e. The Balaban J connectivity index is 1.97. The van der Waals surface area contributed by atoms with Crippen LogP contribution < -0.4 is 0 Å². The average Bonchev–Trinajstić information content (AvgIpc) is 2.64. The Hall–Kier alpha value is -1.79. The minimum Gasteiger partial charge on any atom is -0.444 e. The van der Waals surface area contributed by atoms with Crippen LogP contribution >= 0.6 is 11.6 Å². The average molecular weight is 424 g/mol. The molecule has 6 nitrogen and oxygen atoms in total. The second-order valence-electron chi connectivity index (χ2n) is 8.93. The van der Waals surface area contributed by atoms with E-state index in [1.807, 2.05) is 64.0 Å². The Morgan fingerprint density at radius 3 is 2.21 bits per heavy atom. The molecule has 162 valence electrons. The highest BCUT2D eigenvalue weighted by Gasteiger charge is 2.32. The van der Waals surface area contributed by atoms with Crippen LogP contribution in [-0.4, -0.2) is 72.6 Å². The summed E-state index contributed by atoms with van der Waals surface area (Å²) in [4.78, 5) is 31.2. The zero-order valence-corrected chi connectivity index (χ0v) is 19.0. The van der Waals surface area contributed by atoms with Gasteiger partial charge in [0, 0.05) is 43.7 Å². The lowest BCUT2D eigenvalue weighted by Gasteiger charge is -2.35. The molecule has 1 saturated heterocycles. The van der Waals surface area contributed by atoms with Gasteiger partial charge in [-0.15, -0.1) is 0 Å². The van der Waals surface area contributed by atoms with Gasteiger partial charge in [-0.3, -0.25) is 4.79 Å². The topological polar surface area (TPSA) is 53.1 Å². The molecule has 0 radical (unpaired) electrons. The van der Waals surface area contributed by atoms with Gasteiger partial charge in [-0.05, 0) is 65.4 Å². The van der Waals surface area contributed by atoms with Crippen LogP contribution in [-0.2, 0) is 16.1 Å². The van der Waals surface area contributed by atoms with Gasteiger partial charge in [-0.2, -0.15) is 0 Å². The van der Waals surface area contributed by atoms with Crippen LogP contribution in [0.15, 0.2) is 24.3 Å². The minimum atomic E-state index is -0.509. The van der Waals surface area contributed by atoms with Gasteiger partial charge in [-0.1, -0.05) is 23.7 Å². The first-order chi connectivity index (χ1) is 13.5. The van der Waals surface area contributed by atoms with Crippen molar-refractivity contribution in [1.82, 2.24) is 14.7 Å². The van der Waals surface area contributed by atoms with Gasteiger partial charge < -0.3 is 19.4 Å². The van der Waals surface area contributed by atoms with E-state index in [-0.39, 0.29) is 17.9 Å². The van der Waals surface area contributed by atoms with E-state index in [0.29, 0.717) is 44.0 Å². The molecule has 7 heteroatoms. The number of carbonyl (C=O) groups excluding carboxylic acids is 2. The summed E-state index contributed by atoms with van der Waals surface area (Å²) in [5.41, 5.74) is 0.554. The van der Waals surface area contributed by atoms with Gasteiger partial charge in [0.2, 0.25) is 5.91 Å². The molecule has 1 aromatic rings. The molecule has 0 spiro atoms. The molecule has 0 aromatic heterocycles. The predicted octanol–water partition coefficient (Wildman–Crippen LogP) is 3.88. The summed E-state index contributed by atoms with van der Waals surface area (Å²) in [5, 5.41) is 0.689. The van der Waals surface area contributed by atoms with E-state index in [4.69, 9.17) is 16.3 Å². The maximum Gasteiger partial charge on any atom is 0.410 e. The van der Waals surface area contributed by atoms with Crippen molar-refractivity contribution in [3.05, 3.63) is 34.9 Å². The lowest BCUT2D eigenvalue weighted by molar-refractivity contribution is -0.138. The number of hydrogen-bond acceptors (Lipinski definition) is 4. The predicted molar refractivity (Wildman–Crippen MR) is 116 cm³/mol. The number of likely N-dealkylation sites (N-methyl/N-ethyl adjacent to an activating group) is 1. The Labute approximate surface area is 179 Å². The van der Waals surface area contributed by atoms with Crippen molar-refractivity contribution in [3.63, 3.8) is 0 Å². The van der Waals surface area contributed by atoms with Crippen molar-refractivity contribution < 1.29 is 14.3 Å². The maximum absolute atomic E-state index is 13.2. The number of piperidine rings is 1. The molecule has 1 fully saturated rings. The Morgan fingerprint density at radius 2 is 1.69 bits per heavy atom. The summed E-state index contributed by atoms with van der Waals surface area (Å²) < 4.78 is 5.45. The number of likely N-dealkylation sites (tertiary alicyclic amines) is 1. The van der Waals surface area contributed by atoms with Gasteiger partial charge in [0.05, 0.1) is 0 Å². The van der Waals surface area contributed by atoms with E-state index in [1.165, 1.54) is 0 Å². The second-order valence-corrected chi connectivity index (χ2v) is 9.37. The summed E-state index contributed by atoms with van der Waals surface area (Å²) in [7, 11) is 4.01. The number of ether oxygens (including phenoxy) is 1. The molecule has 1 heterocycles. The zero-order valence-electron chi connectivity index (χ0n) is 18.3. The molecule has 0 unspecified atom stereocenters. The number of rotatable bonds is 6. The quantitative estimate of drug-likeness (QED) is 0.696. The maximum atomic E-state index is 13.2. The number of amides is 2. The fourth-order valence-corrected chi connectivity index (χ4v) is 3.42. The SMILES string of the molecule is CN(C)CCN(Cc1ccc(Cl)cc1)C(=O)C1CCN(C(=O)OC(C)(C)C)CC1. The van der Waals surface area contributed by atoms with E-state index in [9.17, 15) is 9.59 Å². The van der Waals surface area contributed by atoms with Crippen molar-refractivity contribution in [2.24, 2.45) is 5.92 Å². The monoisotopic (exact) mass is 423 g/mol. The molecule has 1 aliphatic heterocycles. The normalized spacial score (nSPS) is 15.5. The van der Waals surface area contributed by atoms with Gasteiger partial charge >= 0.3 is 6.09 Å². The molecular formula is C22H34ClN3O3. The summed E-state index contributed by atoms with van der Waals surface area (Å²) in [6, 6.07) is 7.63. The molecule has 2 rings (SSSR count). The molecule has 2 amide bonds. The highest BCUT2D eigenvalue weighted by atomic mass is 35.5. The first kappa shape index (κ1) is 23.5. The molecular weight excluding hydrogens is 390 g/mol. The summed E-state index contributed by atoms with van der Waals surface area (Å²) >= 11 is 5.98. The fraction of sp³-hybridized carbons (Fsp3) is 0.636. The van der Waals surface area contributed by atoms with Crippen LogP contribution in [0.5, 0.6) is 0 Å². The molecule has 0 atom stereocenters. The van der Waals surface area contributed by atoms with Crippen LogP contribution in [0.1, 0.15) is 39.2 Å². The highest BCUT2D eigenvalue weighted by Crippen LogP contribution is 2.23. The van der Waals surface area contributed by atoms with Gasteiger partial charge in [0.1, 0.15) is 5.60 Å². The molecule has 0 aliphatic carbocycles. The van der Waals surface area contributed by atoms with Crippen LogP contribution in [0.25, 0.3) is 0 Å². The van der Waals surface area contributed by atoms with Crippen molar-refractivity contribution in [2.75, 3.05) is 40.3 Å². The largest absolute Gasteiger partial charge is 0.444 e. The minimum absolute atomic E-state index is 0.0665. The number of nitrogens with zero attached hydrogens (tertiary/aromatic N) is 3. The number of halogens is 1. The highest BCUT2D eigenvalue weighted by molar-refractivity contribution is 6.30. The van der Waals surface area contributed by atoms with Gasteiger partial charge in [-0.25, -0.2) is 4.79 Å². The molecule has 1 aromatic carbocycles. The third-order valence-corrected chi connectivity index (χ3v) is 5.16. The van der Waals surface area contributed by atoms with Gasteiger partial charge in [0.25, 0.3) is 0 Å². The second kappa shape index (κ2) is 10.3. The lowest BCUT2D eigenvalue weighted by Crippen LogP contribution is -2.46. The number of benzene rings is 1. The standard InChI is InChI=1S/C22H34ClN3O3/c1-22(2,3)29-21(28)25-12-10-18(11-13-25)20(27)26(15-14-24(4)5)16-17-6-8-19(23)9-7-17/h6-9,18H,10-16H2,1-5H3. The number of carbonyl (C=O) groups is 2. The van der Waals surface area contributed by atoms with Crippen LogP contribution in [0.2, 0.25) is 5.02 Å². The van der Waals surface area contributed by atoms with E-state index < -0.39 is 5.60 Å². The third kappa shape index (κ3) is 7.86. The van der Waals surface area contributed by atoms with Crippen LogP contribution in [0, 0.1) is 5.92 Å². The molecule has 0 bridgehead atoms. The van der Waals surface area contributed by atoms with Crippen molar-refractivity contribution in [2.45, 2.75) is 45.8 Å². The third-order valence-electron chi connectivity index (χ3n) is 4.91. The molecule has 29 heavy (non-hydrogen) atoms. The molecule has 1 aliphatic rings. The van der Waals surface area contributed by atoms with E-state index in [2.05, 4.69) is 4.90 Å². The number of hydrogen-bond donors (Lipinski definition) is 0. The molecule has 0 saturated carbocycles. The first-order valence-electron chi connectivity index (χ1n) is 10.2. The van der Waals surface area contributed by atoms with Crippen molar-refractivity contribution in [1.29, 1.82) is 0 Å². The van der Waals surface area contributed by atoms with Crippen molar-refractivity contribution >= 4 is 23.6 Å². The summed E-state index contributed by atoms with van der Waals surface area (Å²) in [6.45, 7) is 8.72. The Bertz CT molecular complexity index is 678. The van der Waals surface area contributed by atoms with E-state index >= 15 is 0 Å². The van der Waals surface area contributed by atoms with Crippen LogP contribution in [0.4, 0.5) is 4.79 Å². The summed E-state index contributed by atoms with van der Waals surface area (Å²) in [6.07, 6.45) is 1.03. The van der Waals surface area contributed by atoms with Gasteiger partial charge in [0.15, 0.2) is 0 Å². The summed E-state index contributed by atoms with van der Waals surface area (Å²) in [5.74, 6) is 0.0915. The van der Waals surface area contributed by atoms with Crippen LogP contribution in [0.3, 0.4) is 0 Å². The fourth-order valence-electron chi connectivity index (χ4n) is 3.29. The zero-order chi connectivity index (χ0) is 21.6. The molecule has 0 N–H and O–H groups in total.